The molecule has 3 heteroatoms. The Hall–Kier alpha value is -2.52. The molecule has 0 unspecified atom stereocenters. The summed E-state index contributed by atoms with van der Waals surface area (Å²) in [4.78, 5) is 2.50. The number of anilines is 1. The Kier molecular flexibility index (Phi) is 5.07. The van der Waals surface area contributed by atoms with Gasteiger partial charge in [0, 0.05) is 17.6 Å². The zero-order valence-corrected chi connectivity index (χ0v) is 15.2. The Balaban J connectivity index is 1.45. The standard InChI is InChI=1S/C23H26N2O/c24-23-13-12-20(21-6-2-3-7-22(21)23)18-8-10-19(11-9-18)26-17-16-25-14-4-1-5-15-25/h2-3,6-13H,1,4-5,14-17,24H2. The minimum Gasteiger partial charge on any atom is -0.492 e. The predicted octanol–water partition coefficient (Wildman–Crippen LogP) is 4.95. The van der Waals surface area contributed by atoms with Gasteiger partial charge in [-0.25, -0.2) is 0 Å². The first kappa shape index (κ1) is 16.9. The molecular formula is C23H26N2O. The molecule has 26 heavy (non-hydrogen) atoms. The fourth-order valence-corrected chi connectivity index (χ4v) is 3.78. The van der Waals surface area contributed by atoms with E-state index in [1.54, 1.807) is 0 Å². The van der Waals surface area contributed by atoms with Gasteiger partial charge in [0.05, 0.1) is 0 Å². The third-order valence-corrected chi connectivity index (χ3v) is 5.25. The van der Waals surface area contributed by atoms with Crippen LogP contribution in [0.4, 0.5) is 5.69 Å². The van der Waals surface area contributed by atoms with E-state index in [0.717, 1.165) is 30.0 Å². The summed E-state index contributed by atoms with van der Waals surface area (Å²) in [6, 6.07) is 20.8. The molecule has 0 aromatic heterocycles. The predicted molar refractivity (Wildman–Crippen MR) is 110 cm³/mol. The molecule has 0 atom stereocenters. The van der Waals surface area contributed by atoms with Crippen LogP contribution < -0.4 is 10.5 Å². The van der Waals surface area contributed by atoms with Gasteiger partial charge in [0.1, 0.15) is 12.4 Å². The Labute approximate surface area is 155 Å². The summed E-state index contributed by atoms with van der Waals surface area (Å²) in [5, 5.41) is 2.29. The second-order valence-electron chi connectivity index (χ2n) is 7.02. The summed E-state index contributed by atoms with van der Waals surface area (Å²) < 4.78 is 5.94. The van der Waals surface area contributed by atoms with Crippen molar-refractivity contribution in [2.24, 2.45) is 0 Å². The summed E-state index contributed by atoms with van der Waals surface area (Å²) in [5.41, 5.74) is 9.33. The number of rotatable bonds is 5. The first-order chi connectivity index (χ1) is 12.8. The van der Waals surface area contributed by atoms with Crippen molar-refractivity contribution in [3.8, 4) is 16.9 Å². The number of ether oxygens (including phenoxy) is 1. The number of nitrogens with two attached hydrogens (primary N) is 1. The molecule has 1 aliphatic rings. The van der Waals surface area contributed by atoms with E-state index in [1.807, 2.05) is 12.1 Å². The maximum Gasteiger partial charge on any atom is 0.119 e. The van der Waals surface area contributed by atoms with Crippen LogP contribution in [0.2, 0.25) is 0 Å². The lowest BCUT2D eigenvalue weighted by molar-refractivity contribution is 0.183. The van der Waals surface area contributed by atoms with Crippen molar-refractivity contribution >= 4 is 16.5 Å². The number of nitrogen functional groups attached to an aromatic ring is 1. The van der Waals surface area contributed by atoms with Crippen molar-refractivity contribution in [3.05, 3.63) is 60.7 Å². The van der Waals surface area contributed by atoms with Gasteiger partial charge in [-0.1, -0.05) is 48.9 Å². The molecule has 0 radical (unpaired) electrons. The molecule has 0 saturated carbocycles. The minimum atomic E-state index is 0.754. The van der Waals surface area contributed by atoms with Crippen LogP contribution in [0.25, 0.3) is 21.9 Å². The number of hydrogen-bond donors (Lipinski definition) is 1. The van der Waals surface area contributed by atoms with Crippen molar-refractivity contribution in [1.82, 2.24) is 4.90 Å². The largest absolute Gasteiger partial charge is 0.492 e. The number of benzene rings is 3. The maximum absolute atomic E-state index is 6.12. The van der Waals surface area contributed by atoms with Crippen molar-refractivity contribution in [1.29, 1.82) is 0 Å². The highest BCUT2D eigenvalue weighted by Crippen LogP contribution is 2.32. The highest BCUT2D eigenvalue weighted by Gasteiger charge is 2.10. The molecule has 3 nitrogen and oxygen atoms in total. The number of hydrogen-bond acceptors (Lipinski definition) is 3. The molecule has 3 aromatic carbocycles. The second-order valence-corrected chi connectivity index (χ2v) is 7.02. The molecule has 0 aliphatic carbocycles. The molecule has 1 saturated heterocycles. The van der Waals surface area contributed by atoms with Gasteiger partial charge in [-0.05, 0) is 60.6 Å². The molecule has 1 fully saturated rings. The number of fused-ring (bicyclic) bond motifs is 1. The SMILES string of the molecule is Nc1ccc(-c2ccc(OCCN3CCCCC3)cc2)c2ccccc12. The molecule has 0 bridgehead atoms. The molecule has 0 amide bonds. The van der Waals surface area contributed by atoms with Crippen LogP contribution in [0.5, 0.6) is 5.75 Å². The molecule has 4 rings (SSSR count). The fourth-order valence-electron chi connectivity index (χ4n) is 3.78. The van der Waals surface area contributed by atoms with Gasteiger partial charge in [0.15, 0.2) is 0 Å². The van der Waals surface area contributed by atoms with Crippen LogP contribution in [0.15, 0.2) is 60.7 Å². The maximum atomic E-state index is 6.12. The van der Waals surface area contributed by atoms with E-state index in [-0.39, 0.29) is 0 Å². The van der Waals surface area contributed by atoms with Gasteiger partial charge >= 0.3 is 0 Å². The van der Waals surface area contributed by atoms with Gasteiger partial charge in [0.2, 0.25) is 0 Å². The van der Waals surface area contributed by atoms with E-state index in [4.69, 9.17) is 10.5 Å². The highest BCUT2D eigenvalue weighted by molar-refractivity contribution is 6.02. The zero-order chi connectivity index (χ0) is 17.8. The lowest BCUT2D eigenvalue weighted by atomic mass is 9.97. The molecule has 3 aromatic rings. The summed E-state index contributed by atoms with van der Waals surface area (Å²) in [6.45, 7) is 4.20. The molecular weight excluding hydrogens is 320 g/mol. The summed E-state index contributed by atoms with van der Waals surface area (Å²) in [6.07, 6.45) is 4.02. The third kappa shape index (κ3) is 3.68. The smallest absolute Gasteiger partial charge is 0.119 e. The third-order valence-electron chi connectivity index (χ3n) is 5.25. The van der Waals surface area contributed by atoms with Gasteiger partial charge < -0.3 is 10.5 Å². The number of likely N-dealkylation sites (tertiary alicyclic amines) is 1. The van der Waals surface area contributed by atoms with Gasteiger partial charge in [-0.2, -0.15) is 0 Å². The van der Waals surface area contributed by atoms with Gasteiger partial charge in [-0.15, -0.1) is 0 Å². The quantitative estimate of drug-likeness (QED) is 0.664. The summed E-state index contributed by atoms with van der Waals surface area (Å²) in [5.74, 6) is 0.936. The van der Waals surface area contributed by atoms with Crippen molar-refractivity contribution in [2.75, 3.05) is 32.0 Å². The van der Waals surface area contributed by atoms with E-state index in [0.29, 0.717) is 0 Å². The Morgan fingerprint density at radius 1 is 0.808 bits per heavy atom. The average molecular weight is 346 g/mol. The zero-order valence-electron chi connectivity index (χ0n) is 15.2. The van der Waals surface area contributed by atoms with Crippen LogP contribution in [0.1, 0.15) is 19.3 Å². The van der Waals surface area contributed by atoms with E-state index in [9.17, 15) is 0 Å². The summed E-state index contributed by atoms with van der Waals surface area (Å²) >= 11 is 0. The van der Waals surface area contributed by atoms with Gasteiger partial charge in [0.25, 0.3) is 0 Å². The highest BCUT2D eigenvalue weighted by atomic mass is 16.5. The van der Waals surface area contributed by atoms with Crippen molar-refractivity contribution in [3.63, 3.8) is 0 Å². The van der Waals surface area contributed by atoms with Gasteiger partial charge in [-0.3, -0.25) is 4.90 Å². The lowest BCUT2D eigenvalue weighted by Gasteiger charge is -2.26. The van der Waals surface area contributed by atoms with E-state index < -0.39 is 0 Å². The Bertz CT molecular complexity index is 867. The van der Waals surface area contributed by atoms with Crippen molar-refractivity contribution in [2.45, 2.75) is 19.3 Å². The average Bonchev–Trinajstić information content (AvgIpc) is 2.70. The lowest BCUT2D eigenvalue weighted by Crippen LogP contribution is -2.33. The molecule has 0 spiro atoms. The number of nitrogens with zero attached hydrogens (tertiary/aromatic N) is 1. The topological polar surface area (TPSA) is 38.5 Å². The molecule has 1 heterocycles. The minimum absolute atomic E-state index is 0.754. The second kappa shape index (κ2) is 7.79. The fraction of sp³-hybridized carbons (Fsp3) is 0.304. The number of piperidine rings is 1. The van der Waals surface area contributed by atoms with Crippen LogP contribution >= 0.6 is 0 Å². The monoisotopic (exact) mass is 346 g/mol. The molecule has 134 valence electrons. The van der Waals surface area contributed by atoms with E-state index >= 15 is 0 Å². The summed E-state index contributed by atoms with van der Waals surface area (Å²) in [7, 11) is 0. The molecule has 1 aliphatic heterocycles. The van der Waals surface area contributed by atoms with Crippen LogP contribution in [-0.2, 0) is 0 Å². The normalized spacial score (nSPS) is 15.2. The van der Waals surface area contributed by atoms with E-state index in [2.05, 4.69) is 53.4 Å². The van der Waals surface area contributed by atoms with Crippen LogP contribution in [0, 0.1) is 0 Å². The van der Waals surface area contributed by atoms with Crippen molar-refractivity contribution < 1.29 is 4.74 Å². The van der Waals surface area contributed by atoms with Crippen LogP contribution in [0.3, 0.4) is 0 Å². The van der Waals surface area contributed by atoms with E-state index in [1.165, 1.54) is 48.9 Å². The Morgan fingerprint density at radius 3 is 2.31 bits per heavy atom. The Morgan fingerprint density at radius 2 is 1.54 bits per heavy atom. The first-order valence-corrected chi connectivity index (χ1v) is 9.54. The first-order valence-electron chi connectivity index (χ1n) is 9.54. The van der Waals surface area contributed by atoms with Crippen LogP contribution in [-0.4, -0.2) is 31.1 Å². The molecule has 2 N–H and O–H groups in total.